The zero-order valence-corrected chi connectivity index (χ0v) is 12.5. The summed E-state index contributed by atoms with van der Waals surface area (Å²) >= 11 is 0. The summed E-state index contributed by atoms with van der Waals surface area (Å²) in [5.74, 6) is 1.47. The summed E-state index contributed by atoms with van der Waals surface area (Å²) < 4.78 is 0. The van der Waals surface area contributed by atoms with E-state index in [9.17, 15) is 4.79 Å². The number of carbonyl (C=O) groups excluding carboxylic acids is 1. The Kier molecular flexibility index (Phi) is 5.64. The number of hydrogen-bond acceptors (Lipinski definition) is 3. The molecule has 0 saturated carbocycles. The highest BCUT2D eigenvalue weighted by Crippen LogP contribution is 2.27. The zero-order valence-electron chi connectivity index (χ0n) is 12.5. The van der Waals surface area contributed by atoms with Crippen LogP contribution in [-0.4, -0.2) is 49.6 Å². The summed E-state index contributed by atoms with van der Waals surface area (Å²) in [6.07, 6.45) is 5.12. The first-order chi connectivity index (χ1) is 9.16. The standard InChI is InChI=1S/C15H29N3O/c1-12(2)9-17-15(19)11-18-8-4-6-14(18)13-5-3-7-16-10-13/h12-14,16H,3-11H2,1-2H3,(H,17,19). The number of nitrogens with one attached hydrogen (secondary N) is 2. The molecule has 2 rings (SSSR count). The van der Waals surface area contributed by atoms with Gasteiger partial charge < -0.3 is 10.6 Å². The van der Waals surface area contributed by atoms with E-state index < -0.39 is 0 Å². The monoisotopic (exact) mass is 267 g/mol. The Morgan fingerprint density at radius 1 is 1.37 bits per heavy atom. The van der Waals surface area contributed by atoms with Gasteiger partial charge in [0.25, 0.3) is 0 Å². The molecule has 2 heterocycles. The molecule has 2 fully saturated rings. The predicted molar refractivity (Wildman–Crippen MR) is 78.0 cm³/mol. The SMILES string of the molecule is CC(C)CNC(=O)CN1CCCC1C1CCCNC1. The van der Waals surface area contributed by atoms with Crippen LogP contribution in [0.2, 0.25) is 0 Å². The van der Waals surface area contributed by atoms with Gasteiger partial charge >= 0.3 is 0 Å². The molecule has 4 nitrogen and oxygen atoms in total. The second-order valence-corrected chi connectivity index (χ2v) is 6.48. The summed E-state index contributed by atoms with van der Waals surface area (Å²) in [6, 6.07) is 0.623. The van der Waals surface area contributed by atoms with Gasteiger partial charge in [-0.3, -0.25) is 9.69 Å². The van der Waals surface area contributed by atoms with Crippen LogP contribution in [0, 0.1) is 11.8 Å². The van der Waals surface area contributed by atoms with Crippen LogP contribution in [0.15, 0.2) is 0 Å². The molecule has 0 spiro atoms. The number of rotatable bonds is 5. The van der Waals surface area contributed by atoms with Crippen molar-refractivity contribution < 1.29 is 4.79 Å². The van der Waals surface area contributed by atoms with E-state index in [1.54, 1.807) is 0 Å². The number of nitrogens with zero attached hydrogens (tertiary/aromatic N) is 1. The number of carbonyl (C=O) groups is 1. The van der Waals surface area contributed by atoms with Crippen LogP contribution in [0.5, 0.6) is 0 Å². The largest absolute Gasteiger partial charge is 0.355 e. The Hall–Kier alpha value is -0.610. The van der Waals surface area contributed by atoms with Gasteiger partial charge in [0.1, 0.15) is 0 Å². The first-order valence-corrected chi connectivity index (χ1v) is 7.88. The number of piperidine rings is 1. The van der Waals surface area contributed by atoms with Crippen molar-refractivity contribution in [2.75, 3.05) is 32.7 Å². The van der Waals surface area contributed by atoms with Gasteiger partial charge in [-0.1, -0.05) is 13.8 Å². The highest BCUT2D eigenvalue weighted by Gasteiger charge is 2.33. The van der Waals surface area contributed by atoms with Gasteiger partial charge in [-0.25, -0.2) is 0 Å². The second-order valence-electron chi connectivity index (χ2n) is 6.48. The molecule has 2 N–H and O–H groups in total. The maximum atomic E-state index is 12.0. The van der Waals surface area contributed by atoms with Crippen molar-refractivity contribution in [3.63, 3.8) is 0 Å². The topological polar surface area (TPSA) is 44.4 Å². The van der Waals surface area contributed by atoms with E-state index in [0.717, 1.165) is 32.1 Å². The van der Waals surface area contributed by atoms with Crippen LogP contribution >= 0.6 is 0 Å². The van der Waals surface area contributed by atoms with E-state index >= 15 is 0 Å². The fraction of sp³-hybridized carbons (Fsp3) is 0.933. The van der Waals surface area contributed by atoms with Crippen LogP contribution in [0.4, 0.5) is 0 Å². The first kappa shape index (κ1) is 14.8. The molecule has 0 aliphatic carbocycles. The van der Waals surface area contributed by atoms with Crippen molar-refractivity contribution in [1.82, 2.24) is 15.5 Å². The van der Waals surface area contributed by atoms with E-state index in [1.165, 1.54) is 25.7 Å². The third kappa shape index (κ3) is 4.46. The van der Waals surface area contributed by atoms with Gasteiger partial charge in [0.15, 0.2) is 0 Å². The molecule has 0 aromatic carbocycles. The van der Waals surface area contributed by atoms with E-state index in [-0.39, 0.29) is 5.91 Å². The van der Waals surface area contributed by atoms with Gasteiger partial charge in [0, 0.05) is 12.6 Å². The highest BCUT2D eigenvalue weighted by molar-refractivity contribution is 5.78. The quantitative estimate of drug-likeness (QED) is 0.787. The van der Waals surface area contributed by atoms with Crippen molar-refractivity contribution in [1.29, 1.82) is 0 Å². The lowest BCUT2D eigenvalue weighted by molar-refractivity contribution is -0.122. The molecule has 1 amide bonds. The normalized spacial score (nSPS) is 28.8. The maximum Gasteiger partial charge on any atom is 0.234 e. The maximum absolute atomic E-state index is 12.0. The number of likely N-dealkylation sites (tertiary alicyclic amines) is 1. The molecule has 2 unspecified atom stereocenters. The average Bonchev–Trinajstić information content (AvgIpc) is 2.85. The van der Waals surface area contributed by atoms with Crippen LogP contribution < -0.4 is 10.6 Å². The summed E-state index contributed by atoms with van der Waals surface area (Å²) in [5, 5.41) is 6.53. The predicted octanol–water partition coefficient (Wildman–Crippen LogP) is 1.22. The molecule has 110 valence electrons. The molecule has 0 bridgehead atoms. The molecule has 2 aliphatic rings. The lowest BCUT2D eigenvalue weighted by Gasteiger charge is -2.34. The zero-order chi connectivity index (χ0) is 13.7. The van der Waals surface area contributed by atoms with Gasteiger partial charge in [-0.05, 0) is 57.2 Å². The van der Waals surface area contributed by atoms with E-state index in [0.29, 0.717) is 18.5 Å². The lowest BCUT2D eigenvalue weighted by Crippen LogP contribution is -2.47. The van der Waals surface area contributed by atoms with E-state index in [4.69, 9.17) is 0 Å². The fourth-order valence-corrected chi connectivity index (χ4v) is 3.35. The molecule has 4 heteroatoms. The molecule has 19 heavy (non-hydrogen) atoms. The fourth-order valence-electron chi connectivity index (χ4n) is 3.35. The molecule has 0 radical (unpaired) electrons. The number of hydrogen-bond donors (Lipinski definition) is 2. The van der Waals surface area contributed by atoms with Crippen LogP contribution in [-0.2, 0) is 4.79 Å². The highest BCUT2D eigenvalue weighted by atomic mass is 16.2. The Morgan fingerprint density at radius 3 is 2.89 bits per heavy atom. The third-order valence-corrected chi connectivity index (χ3v) is 4.35. The average molecular weight is 267 g/mol. The molecule has 0 aromatic heterocycles. The first-order valence-electron chi connectivity index (χ1n) is 7.88. The Labute approximate surface area is 117 Å². The van der Waals surface area contributed by atoms with Gasteiger partial charge in [-0.2, -0.15) is 0 Å². The Balaban J connectivity index is 1.79. The molecular formula is C15H29N3O. The molecule has 2 aliphatic heterocycles. The molecule has 0 aromatic rings. The molecular weight excluding hydrogens is 238 g/mol. The minimum absolute atomic E-state index is 0.198. The Bertz CT molecular complexity index is 287. The minimum Gasteiger partial charge on any atom is -0.355 e. The molecule has 2 saturated heterocycles. The van der Waals surface area contributed by atoms with Crippen molar-refractivity contribution in [2.45, 2.75) is 45.6 Å². The van der Waals surface area contributed by atoms with Crippen molar-refractivity contribution in [3.05, 3.63) is 0 Å². The van der Waals surface area contributed by atoms with Crippen LogP contribution in [0.1, 0.15) is 39.5 Å². The van der Waals surface area contributed by atoms with Crippen molar-refractivity contribution >= 4 is 5.91 Å². The van der Waals surface area contributed by atoms with E-state index in [2.05, 4.69) is 29.4 Å². The summed E-state index contributed by atoms with van der Waals surface area (Å²) in [5.41, 5.74) is 0. The smallest absolute Gasteiger partial charge is 0.234 e. The lowest BCUT2D eigenvalue weighted by atomic mass is 9.90. The van der Waals surface area contributed by atoms with Gasteiger partial charge in [-0.15, -0.1) is 0 Å². The van der Waals surface area contributed by atoms with Crippen LogP contribution in [0.25, 0.3) is 0 Å². The summed E-state index contributed by atoms with van der Waals surface area (Å²) in [7, 11) is 0. The van der Waals surface area contributed by atoms with Crippen molar-refractivity contribution in [2.24, 2.45) is 11.8 Å². The summed E-state index contributed by atoms with van der Waals surface area (Å²) in [4.78, 5) is 14.4. The number of amides is 1. The minimum atomic E-state index is 0.198. The van der Waals surface area contributed by atoms with E-state index in [1.807, 2.05) is 0 Å². The second kappa shape index (κ2) is 7.25. The summed E-state index contributed by atoms with van der Waals surface area (Å²) in [6.45, 7) is 9.04. The Morgan fingerprint density at radius 2 is 2.21 bits per heavy atom. The van der Waals surface area contributed by atoms with Crippen molar-refractivity contribution in [3.8, 4) is 0 Å². The van der Waals surface area contributed by atoms with Gasteiger partial charge in [0.2, 0.25) is 5.91 Å². The van der Waals surface area contributed by atoms with Gasteiger partial charge in [0.05, 0.1) is 6.54 Å². The third-order valence-electron chi connectivity index (χ3n) is 4.35. The molecule has 2 atom stereocenters. The van der Waals surface area contributed by atoms with Crippen LogP contribution in [0.3, 0.4) is 0 Å².